The molecule has 3 nitrogen and oxygen atoms in total. The molecule has 0 saturated heterocycles. The fraction of sp³-hybridized carbons (Fsp3) is 0. The molecular weight excluding hydrogens is 330 g/mol. The number of aromatic amines is 3. The minimum atomic E-state index is 1.05. The molecule has 3 N–H and O–H groups in total. The lowest BCUT2D eigenvalue weighted by Crippen LogP contribution is -1.77. The number of rotatable bonds is 0. The van der Waals surface area contributed by atoms with Crippen molar-refractivity contribution in [1.82, 2.24) is 15.0 Å². The summed E-state index contributed by atoms with van der Waals surface area (Å²) in [5.74, 6) is 0. The molecule has 125 valence electrons. The second-order valence-corrected chi connectivity index (χ2v) is 7.17. The van der Waals surface area contributed by atoms with E-state index in [-0.39, 0.29) is 0 Å². The van der Waals surface area contributed by atoms with Crippen LogP contribution in [0.25, 0.3) is 65.4 Å². The molecule has 27 heavy (non-hydrogen) atoms. The van der Waals surface area contributed by atoms with E-state index in [0.29, 0.717) is 0 Å². The SMILES string of the molecule is [c]1cccc2c1[nH]c1c2c2[nH]c3ccccc3c2c2[nH]c3ccccc3c12. The smallest absolute Gasteiger partial charge is 0.0588 e. The van der Waals surface area contributed by atoms with Gasteiger partial charge < -0.3 is 15.0 Å². The first-order valence-corrected chi connectivity index (χ1v) is 9.15. The normalized spacial score (nSPS) is 12.4. The number of benzene rings is 4. The Bertz CT molecular complexity index is 1440. The lowest BCUT2D eigenvalue weighted by molar-refractivity contribution is 1.54. The van der Waals surface area contributed by atoms with Crippen molar-refractivity contribution in [2.45, 2.75) is 0 Å². The summed E-state index contributed by atoms with van der Waals surface area (Å²) in [5, 5.41) is 7.45. The van der Waals surface area contributed by atoms with Crippen LogP contribution in [-0.4, -0.2) is 15.0 Å². The van der Waals surface area contributed by atoms with E-state index in [0.717, 1.165) is 16.6 Å². The van der Waals surface area contributed by atoms with Gasteiger partial charge in [0.05, 0.1) is 22.1 Å². The van der Waals surface area contributed by atoms with Crippen molar-refractivity contribution in [2.24, 2.45) is 0 Å². The Balaban J connectivity index is 1.95. The van der Waals surface area contributed by atoms with Gasteiger partial charge in [-0.15, -0.1) is 0 Å². The van der Waals surface area contributed by atoms with Crippen LogP contribution in [0.2, 0.25) is 0 Å². The van der Waals surface area contributed by atoms with Gasteiger partial charge in [-0.05, 0) is 12.1 Å². The Morgan fingerprint density at radius 2 is 1.04 bits per heavy atom. The van der Waals surface area contributed by atoms with Crippen LogP contribution in [0, 0.1) is 6.07 Å². The molecular formula is C24H14N3. The van der Waals surface area contributed by atoms with Crippen LogP contribution in [0.5, 0.6) is 0 Å². The summed E-state index contributed by atoms with van der Waals surface area (Å²) in [4.78, 5) is 11.0. The van der Waals surface area contributed by atoms with Crippen LogP contribution in [-0.2, 0) is 0 Å². The highest BCUT2D eigenvalue weighted by Crippen LogP contribution is 2.43. The third-order valence-electron chi connectivity index (χ3n) is 5.79. The highest BCUT2D eigenvalue weighted by molar-refractivity contribution is 6.38. The number of nitrogens with one attached hydrogen (secondary N) is 3. The molecule has 0 saturated carbocycles. The van der Waals surface area contributed by atoms with E-state index in [1.165, 1.54) is 48.9 Å². The molecule has 0 fully saturated rings. The number of hydrogen-bond donors (Lipinski definition) is 3. The molecule has 0 bridgehead atoms. The first-order chi connectivity index (χ1) is 13.4. The van der Waals surface area contributed by atoms with Gasteiger partial charge in [0.25, 0.3) is 0 Å². The van der Waals surface area contributed by atoms with Crippen molar-refractivity contribution in [3.8, 4) is 0 Å². The third-order valence-corrected chi connectivity index (χ3v) is 5.79. The minimum absolute atomic E-state index is 1.05. The van der Waals surface area contributed by atoms with Crippen LogP contribution >= 0.6 is 0 Å². The van der Waals surface area contributed by atoms with Gasteiger partial charge in [-0.1, -0.05) is 54.6 Å². The Morgan fingerprint density at radius 1 is 0.519 bits per heavy atom. The highest BCUT2D eigenvalue weighted by atomic mass is 14.8. The molecule has 4 aromatic carbocycles. The maximum atomic E-state index is 3.69. The summed E-state index contributed by atoms with van der Waals surface area (Å²) >= 11 is 0. The molecule has 1 radical (unpaired) electrons. The fourth-order valence-corrected chi connectivity index (χ4v) is 4.70. The molecule has 7 rings (SSSR count). The largest absolute Gasteiger partial charge is 0.354 e. The summed E-state index contributed by atoms with van der Waals surface area (Å²) in [6.45, 7) is 0. The van der Waals surface area contributed by atoms with Crippen molar-refractivity contribution >= 4 is 65.4 Å². The van der Waals surface area contributed by atoms with Crippen molar-refractivity contribution in [1.29, 1.82) is 0 Å². The molecule has 0 aliphatic heterocycles. The third kappa shape index (κ3) is 1.53. The summed E-state index contributed by atoms with van der Waals surface area (Å²) in [7, 11) is 0. The first kappa shape index (κ1) is 13.5. The van der Waals surface area contributed by atoms with E-state index >= 15 is 0 Å². The van der Waals surface area contributed by atoms with E-state index in [1.807, 2.05) is 6.07 Å². The Hall–Kier alpha value is -3.72. The molecule has 0 aliphatic rings. The minimum Gasteiger partial charge on any atom is -0.354 e. The molecule has 7 aromatic rings. The van der Waals surface area contributed by atoms with Crippen molar-refractivity contribution in [3.63, 3.8) is 0 Å². The van der Waals surface area contributed by atoms with Crippen LogP contribution in [0.4, 0.5) is 0 Å². The van der Waals surface area contributed by atoms with E-state index in [4.69, 9.17) is 0 Å². The second kappa shape index (κ2) is 4.51. The van der Waals surface area contributed by atoms with E-state index in [2.05, 4.69) is 81.7 Å². The van der Waals surface area contributed by atoms with Gasteiger partial charge >= 0.3 is 0 Å². The molecule has 0 amide bonds. The van der Waals surface area contributed by atoms with Crippen molar-refractivity contribution in [2.75, 3.05) is 0 Å². The van der Waals surface area contributed by atoms with Crippen LogP contribution in [0.15, 0.2) is 66.7 Å². The number of para-hydroxylation sites is 3. The fourth-order valence-electron chi connectivity index (χ4n) is 4.70. The quantitative estimate of drug-likeness (QED) is 0.285. The standard InChI is InChI=1S/C24H14N3/c1-4-10-16-13(7-1)19-22(25-16)20-15-9-3-6-12-18(15)27-24(20)21-14-8-2-5-11-17(14)26-23(19)21/h1-11,25-27H. The summed E-state index contributed by atoms with van der Waals surface area (Å²) in [5.41, 5.74) is 6.89. The molecule has 0 unspecified atom stereocenters. The van der Waals surface area contributed by atoms with Crippen molar-refractivity contribution in [3.05, 3.63) is 72.8 Å². The van der Waals surface area contributed by atoms with E-state index in [1.54, 1.807) is 0 Å². The summed E-state index contributed by atoms with van der Waals surface area (Å²) in [6.07, 6.45) is 0. The summed E-state index contributed by atoms with van der Waals surface area (Å²) < 4.78 is 0. The monoisotopic (exact) mass is 344 g/mol. The zero-order valence-corrected chi connectivity index (χ0v) is 14.4. The lowest BCUT2D eigenvalue weighted by Gasteiger charge is -2.00. The van der Waals surface area contributed by atoms with Crippen LogP contribution in [0.3, 0.4) is 0 Å². The lowest BCUT2D eigenvalue weighted by atomic mass is 10.0. The van der Waals surface area contributed by atoms with Gasteiger partial charge in [0.15, 0.2) is 0 Å². The zero-order valence-electron chi connectivity index (χ0n) is 14.4. The maximum Gasteiger partial charge on any atom is 0.0588 e. The number of aromatic nitrogens is 3. The van der Waals surface area contributed by atoms with Gasteiger partial charge in [-0.3, -0.25) is 0 Å². The molecule has 3 heterocycles. The maximum absolute atomic E-state index is 3.69. The highest BCUT2D eigenvalue weighted by Gasteiger charge is 2.20. The van der Waals surface area contributed by atoms with Crippen LogP contribution < -0.4 is 0 Å². The average molecular weight is 344 g/mol. The van der Waals surface area contributed by atoms with Gasteiger partial charge in [0.1, 0.15) is 0 Å². The van der Waals surface area contributed by atoms with E-state index < -0.39 is 0 Å². The predicted octanol–water partition coefficient (Wildman–Crippen LogP) is 6.39. The number of hydrogen-bond acceptors (Lipinski definition) is 0. The van der Waals surface area contributed by atoms with Gasteiger partial charge in [-0.25, -0.2) is 0 Å². The summed E-state index contributed by atoms with van der Waals surface area (Å²) in [6, 6.07) is 26.6. The topological polar surface area (TPSA) is 47.4 Å². The Labute approximate surface area is 153 Å². The van der Waals surface area contributed by atoms with Crippen LogP contribution in [0.1, 0.15) is 0 Å². The molecule has 3 heteroatoms. The predicted molar refractivity (Wildman–Crippen MR) is 113 cm³/mol. The first-order valence-electron chi connectivity index (χ1n) is 9.15. The Kier molecular flexibility index (Phi) is 2.25. The molecule has 0 atom stereocenters. The van der Waals surface area contributed by atoms with Gasteiger partial charge in [-0.2, -0.15) is 0 Å². The molecule has 0 aliphatic carbocycles. The van der Waals surface area contributed by atoms with Gasteiger partial charge in [0.2, 0.25) is 0 Å². The zero-order chi connectivity index (χ0) is 17.5. The van der Waals surface area contributed by atoms with Crippen molar-refractivity contribution < 1.29 is 0 Å². The Morgan fingerprint density at radius 3 is 1.70 bits per heavy atom. The number of H-pyrrole nitrogens is 3. The molecule has 0 spiro atoms. The number of fused-ring (bicyclic) bond motifs is 12. The van der Waals surface area contributed by atoms with E-state index in [9.17, 15) is 0 Å². The molecule has 3 aromatic heterocycles. The average Bonchev–Trinajstić information content (AvgIpc) is 3.38. The van der Waals surface area contributed by atoms with Gasteiger partial charge in [0, 0.05) is 49.4 Å². The second-order valence-electron chi connectivity index (χ2n) is 7.17.